The van der Waals surface area contributed by atoms with Crippen molar-refractivity contribution in [1.29, 1.82) is 0 Å². The van der Waals surface area contributed by atoms with Crippen LogP contribution in [0.15, 0.2) is 40.6 Å². The van der Waals surface area contributed by atoms with Gasteiger partial charge in [0.1, 0.15) is 23.3 Å². The molecule has 1 fully saturated rings. The van der Waals surface area contributed by atoms with E-state index in [4.69, 9.17) is 5.84 Å². The predicted molar refractivity (Wildman–Crippen MR) is 107 cm³/mol. The fourth-order valence-corrected chi connectivity index (χ4v) is 2.94. The molecule has 0 saturated carbocycles. The van der Waals surface area contributed by atoms with Crippen molar-refractivity contribution in [2.24, 2.45) is 15.8 Å². The average molecular weight is 360 g/mol. The van der Waals surface area contributed by atoms with Gasteiger partial charge in [0.2, 0.25) is 0 Å². The summed E-state index contributed by atoms with van der Waals surface area (Å²) in [6, 6.07) is 5.32. The van der Waals surface area contributed by atoms with Crippen molar-refractivity contribution in [1.82, 2.24) is 10.3 Å². The summed E-state index contributed by atoms with van der Waals surface area (Å²) in [6.45, 7) is 11.3. The maximum atomic E-state index is 14.0. The van der Waals surface area contributed by atoms with Crippen LogP contribution in [-0.2, 0) is 6.42 Å². The number of nitrogens with two attached hydrogens (primary N) is 1. The standard InChI is InChI=1S/C19H29FN6/c1-5-6-16-7-8-17(11-19(16)20)25-14(3)23-13(2)24-15(4)26(21)18-9-10-22-12-18/h7-8,11,18,22,25H,3,5-6,9-10,12,21H2,1-2,4H3/b23-13-,24-15?. The molecule has 0 aliphatic carbocycles. The molecule has 0 bridgehead atoms. The van der Waals surface area contributed by atoms with Gasteiger partial charge in [-0.05, 0) is 50.9 Å². The minimum absolute atomic E-state index is 0.219. The van der Waals surface area contributed by atoms with Crippen molar-refractivity contribution >= 4 is 17.4 Å². The summed E-state index contributed by atoms with van der Waals surface area (Å²) in [7, 11) is 0. The molecule has 1 atom stereocenters. The summed E-state index contributed by atoms with van der Waals surface area (Å²) in [5.74, 6) is 7.51. The van der Waals surface area contributed by atoms with Gasteiger partial charge in [-0.15, -0.1) is 0 Å². The summed E-state index contributed by atoms with van der Waals surface area (Å²) in [5.41, 5.74) is 1.33. The highest BCUT2D eigenvalue weighted by atomic mass is 19.1. The minimum Gasteiger partial charge on any atom is -0.341 e. The molecular weight excluding hydrogens is 331 g/mol. The van der Waals surface area contributed by atoms with Crippen molar-refractivity contribution in [3.8, 4) is 0 Å². The second kappa shape index (κ2) is 9.45. The highest BCUT2D eigenvalue weighted by Crippen LogP contribution is 2.17. The molecular formula is C19H29FN6. The Morgan fingerprint density at radius 1 is 1.42 bits per heavy atom. The molecule has 0 amide bonds. The SMILES string of the molecule is C=C(/N=C(/C)N=C(C)N(N)C1CCNC1)Nc1ccc(CCC)c(F)c1. The van der Waals surface area contributed by atoms with Gasteiger partial charge in [-0.2, -0.15) is 0 Å². The third-order valence-corrected chi connectivity index (χ3v) is 4.28. The number of benzene rings is 1. The summed E-state index contributed by atoms with van der Waals surface area (Å²) >= 11 is 0. The van der Waals surface area contributed by atoms with Crippen LogP contribution < -0.4 is 16.5 Å². The lowest BCUT2D eigenvalue weighted by molar-refractivity contribution is 0.338. The zero-order valence-electron chi connectivity index (χ0n) is 15.8. The van der Waals surface area contributed by atoms with Gasteiger partial charge >= 0.3 is 0 Å². The smallest absolute Gasteiger partial charge is 0.129 e. The van der Waals surface area contributed by atoms with Crippen molar-refractivity contribution in [2.45, 2.75) is 46.1 Å². The van der Waals surface area contributed by atoms with Gasteiger partial charge in [-0.25, -0.2) is 20.2 Å². The lowest BCUT2D eigenvalue weighted by Crippen LogP contribution is -2.45. The molecule has 1 aromatic carbocycles. The minimum atomic E-state index is -0.219. The molecule has 142 valence electrons. The van der Waals surface area contributed by atoms with E-state index in [1.54, 1.807) is 18.0 Å². The Bertz CT molecular complexity index is 691. The zero-order valence-corrected chi connectivity index (χ0v) is 15.8. The number of anilines is 1. The van der Waals surface area contributed by atoms with Gasteiger partial charge < -0.3 is 10.6 Å². The molecule has 0 aromatic heterocycles. The number of halogens is 1. The molecule has 0 spiro atoms. The number of nitrogens with zero attached hydrogens (tertiary/aromatic N) is 3. The first-order valence-electron chi connectivity index (χ1n) is 9.00. The van der Waals surface area contributed by atoms with Crippen LogP contribution in [0.2, 0.25) is 0 Å². The van der Waals surface area contributed by atoms with Crippen LogP contribution in [0.5, 0.6) is 0 Å². The fraction of sp³-hybridized carbons (Fsp3) is 0.474. The topological polar surface area (TPSA) is 78.0 Å². The van der Waals surface area contributed by atoms with E-state index in [1.807, 2.05) is 19.9 Å². The van der Waals surface area contributed by atoms with Crippen LogP contribution in [0.4, 0.5) is 10.1 Å². The van der Waals surface area contributed by atoms with E-state index in [9.17, 15) is 4.39 Å². The molecule has 1 aromatic rings. The predicted octanol–water partition coefficient (Wildman–Crippen LogP) is 3.04. The van der Waals surface area contributed by atoms with Crippen molar-refractivity contribution in [2.75, 3.05) is 18.4 Å². The highest BCUT2D eigenvalue weighted by molar-refractivity contribution is 5.95. The van der Waals surface area contributed by atoms with Gasteiger partial charge in [-0.1, -0.05) is 26.0 Å². The Labute approximate surface area is 155 Å². The summed E-state index contributed by atoms with van der Waals surface area (Å²) in [4.78, 5) is 8.74. The van der Waals surface area contributed by atoms with E-state index in [0.29, 0.717) is 28.7 Å². The van der Waals surface area contributed by atoms with Crippen molar-refractivity contribution < 1.29 is 4.39 Å². The quantitative estimate of drug-likeness (QED) is 0.315. The normalized spacial score (nSPS) is 18.1. The van der Waals surface area contributed by atoms with E-state index < -0.39 is 0 Å². The van der Waals surface area contributed by atoms with Crippen LogP contribution >= 0.6 is 0 Å². The molecule has 0 radical (unpaired) electrons. The molecule has 1 saturated heterocycles. The van der Waals surface area contributed by atoms with E-state index >= 15 is 0 Å². The van der Waals surface area contributed by atoms with E-state index in [0.717, 1.165) is 32.4 Å². The number of hydrogen-bond donors (Lipinski definition) is 3. The average Bonchev–Trinajstić information content (AvgIpc) is 3.10. The van der Waals surface area contributed by atoms with E-state index in [2.05, 4.69) is 27.2 Å². The van der Waals surface area contributed by atoms with Crippen LogP contribution in [0.3, 0.4) is 0 Å². The number of rotatable bonds is 6. The van der Waals surface area contributed by atoms with Gasteiger partial charge in [0.05, 0.1) is 6.04 Å². The molecule has 4 N–H and O–H groups in total. The fourth-order valence-electron chi connectivity index (χ4n) is 2.94. The zero-order chi connectivity index (χ0) is 19.1. The van der Waals surface area contributed by atoms with Gasteiger partial charge in [0.15, 0.2) is 0 Å². The first-order valence-corrected chi connectivity index (χ1v) is 9.00. The van der Waals surface area contributed by atoms with Gasteiger partial charge in [-0.3, -0.25) is 5.01 Å². The van der Waals surface area contributed by atoms with Gasteiger partial charge in [0, 0.05) is 12.2 Å². The third kappa shape index (κ3) is 5.64. The maximum absolute atomic E-state index is 14.0. The van der Waals surface area contributed by atoms with E-state index in [-0.39, 0.29) is 11.9 Å². The summed E-state index contributed by atoms with van der Waals surface area (Å²) in [6.07, 6.45) is 2.63. The second-order valence-electron chi connectivity index (χ2n) is 6.50. The Hall–Kier alpha value is -2.25. The van der Waals surface area contributed by atoms with Crippen molar-refractivity contribution in [3.63, 3.8) is 0 Å². The number of nitrogens with one attached hydrogen (secondary N) is 2. The third-order valence-electron chi connectivity index (χ3n) is 4.28. The van der Waals surface area contributed by atoms with Crippen molar-refractivity contribution in [3.05, 3.63) is 42.0 Å². The van der Waals surface area contributed by atoms with Gasteiger partial charge in [0.25, 0.3) is 0 Å². The molecule has 26 heavy (non-hydrogen) atoms. The summed E-state index contributed by atoms with van der Waals surface area (Å²) in [5, 5.41) is 7.95. The molecule has 2 rings (SSSR count). The lowest BCUT2D eigenvalue weighted by atomic mass is 10.1. The first kappa shape index (κ1) is 20.1. The molecule has 1 aliphatic rings. The molecule has 1 heterocycles. The Morgan fingerprint density at radius 2 is 2.19 bits per heavy atom. The number of amidine groups is 2. The van der Waals surface area contributed by atoms with E-state index in [1.165, 1.54) is 6.07 Å². The second-order valence-corrected chi connectivity index (χ2v) is 6.50. The van der Waals surface area contributed by atoms with Crippen LogP contribution in [0, 0.1) is 5.82 Å². The molecule has 1 unspecified atom stereocenters. The number of aryl methyl sites for hydroxylation is 1. The van der Waals surface area contributed by atoms with Crippen LogP contribution in [-0.4, -0.2) is 35.8 Å². The molecule has 7 heteroatoms. The number of aliphatic imine (C=N–C) groups is 2. The number of hydrazine groups is 1. The lowest BCUT2D eigenvalue weighted by Gasteiger charge is -2.24. The number of hydrogen-bond acceptors (Lipinski definition) is 4. The molecule has 1 aliphatic heterocycles. The molecule has 6 nitrogen and oxygen atoms in total. The Morgan fingerprint density at radius 3 is 2.81 bits per heavy atom. The van der Waals surface area contributed by atoms with Crippen LogP contribution in [0.1, 0.15) is 39.2 Å². The Kier molecular flexibility index (Phi) is 7.29. The maximum Gasteiger partial charge on any atom is 0.129 e. The Balaban J connectivity index is 1.98. The first-order chi connectivity index (χ1) is 12.4. The monoisotopic (exact) mass is 360 g/mol. The largest absolute Gasteiger partial charge is 0.341 e. The highest BCUT2D eigenvalue weighted by Gasteiger charge is 2.20. The van der Waals surface area contributed by atoms with Crippen LogP contribution in [0.25, 0.3) is 0 Å². The summed E-state index contributed by atoms with van der Waals surface area (Å²) < 4.78 is 14.0.